The van der Waals surface area contributed by atoms with Gasteiger partial charge in [-0.3, -0.25) is 0 Å². The molecule has 0 saturated heterocycles. The van der Waals surface area contributed by atoms with Crippen molar-refractivity contribution in [2.75, 3.05) is 19.0 Å². The quantitative estimate of drug-likeness (QED) is 0.795. The number of halogens is 3. The zero-order valence-electron chi connectivity index (χ0n) is 8.71. The summed E-state index contributed by atoms with van der Waals surface area (Å²) in [7, 11) is 1.68. The first-order valence-corrected chi connectivity index (χ1v) is 4.70. The smallest absolute Gasteiger partial charge is 0.389 e. The molecule has 1 aromatic rings. The lowest BCUT2D eigenvalue weighted by Crippen LogP contribution is -2.10. The number of nitrogens with one attached hydrogen (secondary N) is 1. The van der Waals surface area contributed by atoms with E-state index >= 15 is 0 Å². The second-order valence-electron chi connectivity index (χ2n) is 3.06. The van der Waals surface area contributed by atoms with Gasteiger partial charge in [0.15, 0.2) is 0 Å². The van der Waals surface area contributed by atoms with Crippen LogP contribution in [0.3, 0.4) is 0 Å². The van der Waals surface area contributed by atoms with E-state index in [0.29, 0.717) is 5.82 Å². The Morgan fingerprint density at radius 3 is 2.75 bits per heavy atom. The summed E-state index contributed by atoms with van der Waals surface area (Å²) < 4.78 is 40.5. The maximum Gasteiger partial charge on any atom is 0.389 e. The number of nitrogens with zero attached hydrogens (tertiary/aromatic N) is 2. The molecular formula is C9H12F3N3O. The summed E-state index contributed by atoms with van der Waals surface area (Å²) in [6.45, 7) is -0.0142. The third-order valence-electron chi connectivity index (χ3n) is 1.75. The minimum absolute atomic E-state index is 0.0142. The fourth-order valence-corrected chi connectivity index (χ4v) is 1.00. The third kappa shape index (κ3) is 4.81. The molecule has 0 aliphatic heterocycles. The number of hydrogen-bond acceptors (Lipinski definition) is 4. The number of hydrogen-bond donors (Lipinski definition) is 1. The van der Waals surface area contributed by atoms with E-state index in [9.17, 15) is 13.2 Å². The lowest BCUT2D eigenvalue weighted by molar-refractivity contribution is -0.136. The van der Waals surface area contributed by atoms with E-state index in [1.54, 1.807) is 7.05 Å². The Morgan fingerprint density at radius 1 is 1.38 bits per heavy atom. The van der Waals surface area contributed by atoms with Gasteiger partial charge >= 0.3 is 6.18 Å². The summed E-state index contributed by atoms with van der Waals surface area (Å²) >= 11 is 0. The summed E-state index contributed by atoms with van der Waals surface area (Å²) in [5.41, 5.74) is 0. The van der Waals surface area contributed by atoms with Gasteiger partial charge in [0.25, 0.3) is 0 Å². The molecule has 0 aromatic carbocycles. The van der Waals surface area contributed by atoms with Crippen LogP contribution in [0.4, 0.5) is 19.0 Å². The van der Waals surface area contributed by atoms with Gasteiger partial charge in [-0.25, -0.2) is 9.97 Å². The Kier molecular flexibility index (Phi) is 4.33. The highest BCUT2D eigenvalue weighted by Crippen LogP contribution is 2.21. The van der Waals surface area contributed by atoms with Crippen LogP contribution in [0.25, 0.3) is 0 Å². The molecule has 0 aliphatic rings. The molecule has 0 fully saturated rings. The molecule has 0 aliphatic carbocycles. The first kappa shape index (κ1) is 12.5. The van der Waals surface area contributed by atoms with E-state index in [2.05, 4.69) is 15.3 Å². The highest BCUT2D eigenvalue weighted by atomic mass is 19.4. The number of ether oxygens (including phenoxy) is 1. The molecule has 1 heterocycles. The minimum Gasteiger partial charge on any atom is -0.478 e. The van der Waals surface area contributed by atoms with Crippen LogP contribution in [0.1, 0.15) is 12.8 Å². The van der Waals surface area contributed by atoms with Crippen molar-refractivity contribution in [1.29, 1.82) is 0 Å². The molecule has 4 nitrogen and oxygen atoms in total. The van der Waals surface area contributed by atoms with Crippen LogP contribution in [0, 0.1) is 0 Å². The summed E-state index contributed by atoms with van der Waals surface area (Å²) in [5.74, 6) is 0.822. The van der Waals surface area contributed by atoms with Crippen molar-refractivity contribution in [2.24, 2.45) is 0 Å². The molecule has 7 heteroatoms. The van der Waals surface area contributed by atoms with Gasteiger partial charge in [-0.15, -0.1) is 0 Å². The molecule has 0 radical (unpaired) electrons. The summed E-state index contributed by atoms with van der Waals surface area (Å²) in [4.78, 5) is 7.61. The van der Waals surface area contributed by atoms with Gasteiger partial charge in [0, 0.05) is 19.5 Å². The van der Waals surface area contributed by atoms with Crippen molar-refractivity contribution in [3.05, 3.63) is 12.4 Å². The third-order valence-corrected chi connectivity index (χ3v) is 1.75. The van der Waals surface area contributed by atoms with Crippen LogP contribution in [0.15, 0.2) is 12.4 Å². The summed E-state index contributed by atoms with van der Waals surface area (Å²) in [6, 6.07) is 1.52. The Bertz CT molecular complexity index is 330. The maximum atomic E-state index is 11.8. The largest absolute Gasteiger partial charge is 0.478 e. The van der Waals surface area contributed by atoms with Crippen molar-refractivity contribution in [2.45, 2.75) is 19.0 Å². The highest BCUT2D eigenvalue weighted by molar-refractivity contribution is 5.35. The second kappa shape index (κ2) is 5.53. The molecule has 0 bridgehead atoms. The van der Waals surface area contributed by atoms with Crippen LogP contribution in [0.2, 0.25) is 0 Å². The molecule has 16 heavy (non-hydrogen) atoms. The molecule has 0 unspecified atom stereocenters. The molecule has 0 saturated carbocycles. The van der Waals surface area contributed by atoms with Gasteiger partial charge in [0.1, 0.15) is 12.1 Å². The molecule has 0 atom stereocenters. The molecule has 0 spiro atoms. The number of anilines is 1. The van der Waals surface area contributed by atoms with Gasteiger partial charge in [-0.1, -0.05) is 0 Å². The zero-order valence-corrected chi connectivity index (χ0v) is 8.71. The van der Waals surface area contributed by atoms with Crippen molar-refractivity contribution >= 4 is 5.82 Å². The van der Waals surface area contributed by atoms with Crippen LogP contribution in [-0.2, 0) is 0 Å². The number of aromatic nitrogens is 2. The lowest BCUT2D eigenvalue weighted by Gasteiger charge is -2.07. The standard InChI is InChI=1S/C9H12F3N3O/c1-13-7-5-8(15-6-14-7)16-4-2-3-9(10,11)12/h5-6H,2-4H2,1H3,(H,13,14,15). The zero-order chi connectivity index (χ0) is 12.0. The Morgan fingerprint density at radius 2 is 2.12 bits per heavy atom. The van der Waals surface area contributed by atoms with Crippen LogP contribution >= 0.6 is 0 Å². The van der Waals surface area contributed by atoms with Gasteiger partial charge in [-0.2, -0.15) is 13.2 Å². The molecule has 1 aromatic heterocycles. The topological polar surface area (TPSA) is 47.0 Å². The number of alkyl halides is 3. The van der Waals surface area contributed by atoms with Gasteiger partial charge in [-0.05, 0) is 6.42 Å². The number of rotatable bonds is 5. The molecule has 1 N–H and O–H groups in total. The Hall–Kier alpha value is -1.53. The maximum absolute atomic E-state index is 11.8. The monoisotopic (exact) mass is 235 g/mol. The van der Waals surface area contributed by atoms with Crippen LogP contribution in [0.5, 0.6) is 5.88 Å². The van der Waals surface area contributed by atoms with Crippen molar-refractivity contribution in [1.82, 2.24) is 9.97 Å². The van der Waals surface area contributed by atoms with E-state index < -0.39 is 12.6 Å². The first-order valence-electron chi connectivity index (χ1n) is 4.70. The summed E-state index contributed by atoms with van der Waals surface area (Å²) in [5, 5.41) is 2.77. The fraction of sp³-hybridized carbons (Fsp3) is 0.556. The van der Waals surface area contributed by atoms with Gasteiger partial charge in [0.2, 0.25) is 5.88 Å². The SMILES string of the molecule is CNc1cc(OCCCC(F)(F)F)ncn1. The van der Waals surface area contributed by atoms with Crippen molar-refractivity contribution in [3.8, 4) is 5.88 Å². The lowest BCUT2D eigenvalue weighted by atomic mass is 10.3. The van der Waals surface area contributed by atoms with E-state index in [1.807, 2.05) is 0 Å². The van der Waals surface area contributed by atoms with Crippen molar-refractivity contribution < 1.29 is 17.9 Å². The molecule has 1 rings (SSSR count). The predicted molar refractivity (Wildman–Crippen MR) is 52.4 cm³/mol. The highest BCUT2D eigenvalue weighted by Gasteiger charge is 2.26. The van der Waals surface area contributed by atoms with E-state index in [1.165, 1.54) is 12.4 Å². The average Bonchev–Trinajstić information content (AvgIpc) is 2.23. The average molecular weight is 235 g/mol. The Balaban J connectivity index is 2.32. The Labute approximate surface area is 90.9 Å². The van der Waals surface area contributed by atoms with Gasteiger partial charge in [0.05, 0.1) is 6.61 Å². The van der Waals surface area contributed by atoms with Crippen LogP contribution in [-0.4, -0.2) is 29.8 Å². The molecular weight excluding hydrogens is 223 g/mol. The predicted octanol–water partition coefficient (Wildman–Crippen LogP) is 2.24. The first-order chi connectivity index (χ1) is 7.51. The normalized spacial score (nSPS) is 11.2. The minimum atomic E-state index is -4.13. The fourth-order valence-electron chi connectivity index (χ4n) is 1.00. The van der Waals surface area contributed by atoms with Crippen molar-refractivity contribution in [3.63, 3.8) is 0 Å². The molecule has 0 amide bonds. The van der Waals surface area contributed by atoms with E-state index in [0.717, 1.165) is 0 Å². The molecule has 90 valence electrons. The van der Waals surface area contributed by atoms with Gasteiger partial charge < -0.3 is 10.1 Å². The van der Waals surface area contributed by atoms with Crippen LogP contribution < -0.4 is 10.1 Å². The summed E-state index contributed by atoms with van der Waals surface area (Å²) in [6.07, 6.45) is -3.78. The van der Waals surface area contributed by atoms with E-state index in [4.69, 9.17) is 4.74 Å². The second-order valence-corrected chi connectivity index (χ2v) is 3.06. The van der Waals surface area contributed by atoms with E-state index in [-0.39, 0.29) is 18.9 Å².